The number of nitrogens with one attached hydrogen (secondary N) is 2. The quantitative estimate of drug-likeness (QED) is 0.369. The molecule has 4 aromatic rings. The highest BCUT2D eigenvalue weighted by Crippen LogP contribution is 2.24. The fraction of sp³-hybridized carbons (Fsp3) is 0.200. The molecule has 0 fully saturated rings. The molecule has 0 radical (unpaired) electrons. The van der Waals surface area contributed by atoms with Crippen molar-refractivity contribution in [3.63, 3.8) is 0 Å². The molecule has 0 saturated heterocycles. The van der Waals surface area contributed by atoms with Crippen molar-refractivity contribution >= 4 is 43.8 Å². The number of benzene rings is 3. The maximum Gasteiger partial charge on any atom is 0.261 e. The van der Waals surface area contributed by atoms with Crippen LogP contribution >= 0.6 is 0 Å². The van der Waals surface area contributed by atoms with Gasteiger partial charge in [-0.25, -0.2) is 18.4 Å². The van der Waals surface area contributed by atoms with E-state index < -0.39 is 10.0 Å². The van der Waals surface area contributed by atoms with Crippen LogP contribution in [0.15, 0.2) is 77.7 Å². The van der Waals surface area contributed by atoms with Crippen LogP contribution in [0.2, 0.25) is 0 Å². The smallest absolute Gasteiger partial charge is 0.261 e. The fourth-order valence-corrected chi connectivity index (χ4v) is 4.74. The summed E-state index contributed by atoms with van der Waals surface area (Å²) in [5.41, 5.74) is 1.28. The van der Waals surface area contributed by atoms with E-state index in [0.717, 1.165) is 35.4 Å². The number of hydrogen-bond donors (Lipinski definition) is 2. The monoisotopic (exact) mass is 461 g/mol. The van der Waals surface area contributed by atoms with E-state index in [2.05, 4.69) is 38.8 Å². The van der Waals surface area contributed by atoms with Crippen LogP contribution in [0.3, 0.4) is 0 Å². The minimum Gasteiger partial charge on any atom is -0.357 e. The third-order valence-corrected chi connectivity index (χ3v) is 6.73. The maximum atomic E-state index is 12.9. The van der Waals surface area contributed by atoms with E-state index in [1.54, 1.807) is 24.3 Å². The number of hydrogen-bond acceptors (Lipinski definition) is 6. The van der Waals surface area contributed by atoms with E-state index >= 15 is 0 Å². The zero-order valence-corrected chi connectivity index (χ0v) is 19.7. The van der Waals surface area contributed by atoms with Crippen molar-refractivity contribution in [3.8, 4) is 0 Å². The molecule has 0 saturated carbocycles. The number of anilines is 4. The van der Waals surface area contributed by atoms with Gasteiger partial charge in [0.1, 0.15) is 17.5 Å². The molecule has 2 N–H and O–H groups in total. The third kappa shape index (κ3) is 5.23. The van der Waals surface area contributed by atoms with Gasteiger partial charge in [-0.1, -0.05) is 30.3 Å². The molecule has 0 aliphatic rings. The fourth-order valence-electron chi connectivity index (χ4n) is 3.64. The number of aromatic nitrogens is 2. The molecular weight excluding hydrogens is 434 g/mol. The van der Waals surface area contributed by atoms with Gasteiger partial charge in [-0.05, 0) is 67.9 Å². The Balaban J connectivity index is 1.50. The van der Waals surface area contributed by atoms with Gasteiger partial charge in [0.2, 0.25) is 0 Å². The van der Waals surface area contributed by atoms with E-state index in [0.29, 0.717) is 17.3 Å². The summed E-state index contributed by atoms with van der Waals surface area (Å²) < 4.78 is 28.4. The van der Waals surface area contributed by atoms with Gasteiger partial charge in [0, 0.05) is 30.5 Å². The van der Waals surface area contributed by atoms with Crippen molar-refractivity contribution in [2.45, 2.75) is 25.7 Å². The summed E-state index contributed by atoms with van der Waals surface area (Å²) in [7, 11) is -3.70. The lowest BCUT2D eigenvalue weighted by atomic mass is 10.1. The molecule has 3 aromatic carbocycles. The van der Waals surface area contributed by atoms with E-state index in [1.165, 1.54) is 0 Å². The number of rotatable bonds is 8. The molecule has 7 nitrogen and oxygen atoms in total. The van der Waals surface area contributed by atoms with Crippen molar-refractivity contribution in [2.75, 3.05) is 28.0 Å². The first-order chi connectivity index (χ1) is 15.9. The van der Waals surface area contributed by atoms with E-state index in [-0.39, 0.29) is 4.90 Å². The summed E-state index contributed by atoms with van der Waals surface area (Å²) in [6, 6.07) is 21.8. The molecule has 0 amide bonds. The molecular formula is C25H27N5O2S. The molecule has 0 unspecified atom stereocenters. The summed E-state index contributed by atoms with van der Waals surface area (Å²) in [5.74, 6) is 2.24. The number of aryl methyl sites for hydroxylation is 1. The Labute approximate surface area is 194 Å². The molecule has 0 bridgehead atoms. The second kappa shape index (κ2) is 9.46. The van der Waals surface area contributed by atoms with Crippen molar-refractivity contribution in [1.29, 1.82) is 0 Å². The second-order valence-corrected chi connectivity index (χ2v) is 9.33. The molecule has 8 heteroatoms. The zero-order chi connectivity index (χ0) is 23.4. The molecule has 33 heavy (non-hydrogen) atoms. The Morgan fingerprint density at radius 3 is 2.18 bits per heavy atom. The lowest BCUT2D eigenvalue weighted by molar-refractivity contribution is 0.601. The lowest BCUT2D eigenvalue weighted by Gasteiger charge is -2.20. The summed E-state index contributed by atoms with van der Waals surface area (Å²) in [6.07, 6.45) is 0. The molecule has 4 rings (SSSR count). The summed E-state index contributed by atoms with van der Waals surface area (Å²) in [5, 5.41) is 5.15. The topological polar surface area (TPSA) is 87.2 Å². The summed E-state index contributed by atoms with van der Waals surface area (Å²) >= 11 is 0. The van der Waals surface area contributed by atoms with Crippen LogP contribution in [0, 0.1) is 6.92 Å². The van der Waals surface area contributed by atoms with E-state index in [9.17, 15) is 8.42 Å². The van der Waals surface area contributed by atoms with Crippen molar-refractivity contribution in [2.24, 2.45) is 0 Å². The molecule has 0 aliphatic carbocycles. The first kappa shape index (κ1) is 22.5. The average Bonchev–Trinajstić information content (AvgIpc) is 2.80. The number of fused-ring (bicyclic) bond motifs is 1. The molecule has 0 spiro atoms. The van der Waals surface area contributed by atoms with Crippen LogP contribution in [0.5, 0.6) is 0 Å². The summed E-state index contributed by atoms with van der Waals surface area (Å²) in [4.78, 5) is 11.4. The highest BCUT2D eigenvalue weighted by Gasteiger charge is 2.15. The van der Waals surface area contributed by atoms with Gasteiger partial charge >= 0.3 is 0 Å². The number of sulfonamides is 1. The van der Waals surface area contributed by atoms with E-state index in [4.69, 9.17) is 0 Å². The van der Waals surface area contributed by atoms with Crippen LogP contribution in [-0.4, -0.2) is 31.5 Å². The van der Waals surface area contributed by atoms with Crippen molar-refractivity contribution in [1.82, 2.24) is 9.97 Å². The Morgan fingerprint density at radius 2 is 1.48 bits per heavy atom. The second-order valence-electron chi connectivity index (χ2n) is 7.65. The minimum absolute atomic E-state index is 0.226. The van der Waals surface area contributed by atoms with E-state index in [1.807, 2.05) is 55.5 Å². The predicted molar refractivity (Wildman–Crippen MR) is 135 cm³/mol. The normalized spacial score (nSPS) is 11.4. The standard InChI is InChI=1S/C25H27N5O2S/c1-4-30(5-2)25-17-24(26-18(3)27-25)28-21-11-13-22(14-12-21)29-33(31,32)23-15-10-19-8-6-7-9-20(19)16-23/h6-17,29H,4-5H2,1-3H3,(H,26,27,28). The van der Waals surface area contributed by atoms with Crippen LogP contribution < -0.4 is 14.9 Å². The highest BCUT2D eigenvalue weighted by atomic mass is 32.2. The van der Waals surface area contributed by atoms with Gasteiger partial charge in [-0.3, -0.25) is 4.72 Å². The van der Waals surface area contributed by atoms with Crippen LogP contribution in [0.1, 0.15) is 19.7 Å². The largest absolute Gasteiger partial charge is 0.357 e. The Kier molecular flexibility index (Phi) is 6.46. The van der Waals surface area contributed by atoms with Crippen LogP contribution in [-0.2, 0) is 10.0 Å². The highest BCUT2D eigenvalue weighted by molar-refractivity contribution is 7.92. The SMILES string of the molecule is CCN(CC)c1cc(Nc2ccc(NS(=O)(=O)c3ccc4ccccc4c3)cc2)nc(C)n1. The minimum atomic E-state index is -3.70. The third-order valence-electron chi connectivity index (χ3n) is 5.35. The van der Waals surface area contributed by atoms with Gasteiger partial charge in [0.25, 0.3) is 10.0 Å². The number of nitrogens with zero attached hydrogens (tertiary/aromatic N) is 3. The molecule has 0 atom stereocenters. The maximum absolute atomic E-state index is 12.9. The van der Waals surface area contributed by atoms with Crippen molar-refractivity contribution < 1.29 is 8.42 Å². The molecule has 1 heterocycles. The van der Waals surface area contributed by atoms with Gasteiger partial charge in [-0.2, -0.15) is 0 Å². The Morgan fingerprint density at radius 1 is 0.818 bits per heavy atom. The lowest BCUT2D eigenvalue weighted by Crippen LogP contribution is -2.23. The first-order valence-electron chi connectivity index (χ1n) is 10.9. The van der Waals surface area contributed by atoms with Crippen LogP contribution in [0.25, 0.3) is 10.8 Å². The Bertz CT molecular complexity index is 1370. The molecule has 1 aromatic heterocycles. The van der Waals surface area contributed by atoms with Gasteiger partial charge in [-0.15, -0.1) is 0 Å². The van der Waals surface area contributed by atoms with Gasteiger partial charge in [0.15, 0.2) is 0 Å². The van der Waals surface area contributed by atoms with Gasteiger partial charge < -0.3 is 10.2 Å². The molecule has 0 aliphatic heterocycles. The van der Waals surface area contributed by atoms with Gasteiger partial charge in [0.05, 0.1) is 4.90 Å². The van der Waals surface area contributed by atoms with Crippen molar-refractivity contribution in [3.05, 3.63) is 78.6 Å². The first-order valence-corrected chi connectivity index (χ1v) is 12.4. The molecule has 170 valence electrons. The van der Waals surface area contributed by atoms with Crippen LogP contribution in [0.4, 0.5) is 23.0 Å². The Hall–Kier alpha value is -3.65. The summed E-state index contributed by atoms with van der Waals surface area (Å²) in [6.45, 7) is 7.76. The average molecular weight is 462 g/mol. The zero-order valence-electron chi connectivity index (χ0n) is 18.9. The predicted octanol–water partition coefficient (Wildman–Crippen LogP) is 5.33.